The summed E-state index contributed by atoms with van der Waals surface area (Å²) >= 11 is 0. The number of carboxylic acid groups (broad SMARTS) is 2. The molecule has 0 aliphatic rings. The summed E-state index contributed by atoms with van der Waals surface area (Å²) in [5.41, 5.74) is -2.34. The van der Waals surface area contributed by atoms with Gasteiger partial charge in [-0.05, 0) is 50.3 Å². The third-order valence-corrected chi connectivity index (χ3v) is 7.74. The van der Waals surface area contributed by atoms with Crippen molar-refractivity contribution in [2.75, 3.05) is 13.7 Å². The first-order valence-corrected chi connectivity index (χ1v) is 16.3. The third kappa shape index (κ3) is 16.3. The van der Waals surface area contributed by atoms with Crippen LogP contribution < -0.4 is 10.1 Å². The molecule has 47 heavy (non-hydrogen) atoms. The minimum Gasteiger partial charge on any atom is -0.481 e. The van der Waals surface area contributed by atoms with E-state index in [9.17, 15) is 39.3 Å². The Hall–Kier alpha value is -4.17. The molecule has 0 aromatic heterocycles. The van der Waals surface area contributed by atoms with Gasteiger partial charge in [0.2, 0.25) is 5.91 Å². The van der Waals surface area contributed by atoms with E-state index < -0.39 is 47.8 Å². The summed E-state index contributed by atoms with van der Waals surface area (Å²) in [6.07, 6.45) is 11.8. The molecule has 0 saturated carbocycles. The number of esters is 1. The highest BCUT2D eigenvalue weighted by Gasteiger charge is 2.49. The standard InChI is InChI=1S/C36H51NO10/c1-4-6-8-11-14-17-28(38)18-15-12-9-10-13-16-19-30(36(45,35(43)44)26-32(39)46-3)33(40)37-31(34(41)42)25-27-20-22-29(23-21-27)47-24-7-5-2/h16,19-23,30-31,45H,4,6,8-15,17-18,24-26H2,1-3H3,(H,37,40)(H,41,42)(H,43,44)/b19-16+/t30-,31+,36+/m1/s1. The monoisotopic (exact) mass is 657 g/mol. The Kier molecular flexibility index (Phi) is 20.2. The molecular weight excluding hydrogens is 606 g/mol. The van der Waals surface area contributed by atoms with Gasteiger partial charge >= 0.3 is 17.9 Å². The second-order valence-corrected chi connectivity index (χ2v) is 11.5. The summed E-state index contributed by atoms with van der Waals surface area (Å²) < 4.78 is 10.0. The number of hydrogen-bond donors (Lipinski definition) is 4. The van der Waals surface area contributed by atoms with E-state index in [1.807, 2.05) is 0 Å². The van der Waals surface area contributed by atoms with Gasteiger partial charge in [0.25, 0.3) is 0 Å². The maximum Gasteiger partial charge on any atom is 0.337 e. The summed E-state index contributed by atoms with van der Waals surface area (Å²) in [6, 6.07) is 5.05. The first-order valence-electron chi connectivity index (χ1n) is 16.3. The van der Waals surface area contributed by atoms with E-state index in [0.717, 1.165) is 45.6 Å². The fourth-order valence-electron chi connectivity index (χ4n) is 4.91. The topological polar surface area (TPSA) is 177 Å². The zero-order valence-electron chi connectivity index (χ0n) is 27.9. The number of methoxy groups -OCH3 is 1. The smallest absolute Gasteiger partial charge is 0.337 e. The highest BCUT2D eigenvalue weighted by molar-refractivity contribution is 5.94. The predicted octanol–water partition coefficient (Wildman–Crippen LogP) is 5.02. The number of carboxylic acids is 2. The van der Waals surface area contributed by atoms with Gasteiger partial charge in [0.1, 0.15) is 24.2 Å². The lowest BCUT2D eigenvalue weighted by molar-refractivity contribution is -0.173. The lowest BCUT2D eigenvalue weighted by atomic mass is 9.82. The molecule has 0 bridgehead atoms. The molecule has 1 aromatic rings. The van der Waals surface area contributed by atoms with Crippen molar-refractivity contribution in [1.82, 2.24) is 5.32 Å². The number of nitrogens with one attached hydrogen (secondary N) is 1. The molecule has 0 aliphatic carbocycles. The summed E-state index contributed by atoms with van der Waals surface area (Å²) in [4.78, 5) is 61.8. The first-order chi connectivity index (χ1) is 22.5. The van der Waals surface area contributed by atoms with Crippen LogP contribution in [0.3, 0.4) is 0 Å². The van der Waals surface area contributed by atoms with E-state index in [0.29, 0.717) is 37.0 Å². The van der Waals surface area contributed by atoms with Crippen LogP contribution in [-0.4, -0.2) is 70.3 Å². The van der Waals surface area contributed by atoms with Crippen molar-refractivity contribution < 1.29 is 48.8 Å². The SMILES string of the molecule is CC#CCOc1ccc(C[C@H](NC(=O)[C@@H](/C=C/CCCCCCC(=O)CCCCCCC)[C@@](O)(CC(=O)OC)C(=O)O)C(=O)O)cc1. The molecular formula is C36H51NO10. The van der Waals surface area contributed by atoms with Gasteiger partial charge in [-0.2, -0.15) is 0 Å². The number of benzene rings is 1. The quantitative estimate of drug-likeness (QED) is 0.0483. The van der Waals surface area contributed by atoms with E-state index in [4.69, 9.17) is 4.74 Å². The van der Waals surface area contributed by atoms with Gasteiger partial charge in [0.05, 0.1) is 19.4 Å². The molecule has 0 spiro atoms. The molecule has 0 fully saturated rings. The normalized spacial score (nSPS) is 13.4. The van der Waals surface area contributed by atoms with Crippen LogP contribution in [-0.2, 0) is 35.1 Å². The number of unbranched alkanes of at least 4 members (excludes halogenated alkanes) is 8. The van der Waals surface area contributed by atoms with E-state index in [1.165, 1.54) is 25.0 Å². The van der Waals surface area contributed by atoms with Crippen LogP contribution in [0.2, 0.25) is 0 Å². The average molecular weight is 658 g/mol. The Morgan fingerprint density at radius 2 is 1.55 bits per heavy atom. The molecule has 4 N–H and O–H groups in total. The zero-order chi connectivity index (χ0) is 35.1. The van der Waals surface area contributed by atoms with Crippen LogP contribution in [0.5, 0.6) is 5.75 Å². The molecule has 11 heteroatoms. The number of amides is 1. The van der Waals surface area contributed by atoms with Gasteiger partial charge in [-0.1, -0.05) is 75.7 Å². The van der Waals surface area contributed by atoms with Crippen molar-refractivity contribution >= 4 is 29.6 Å². The van der Waals surface area contributed by atoms with Gasteiger partial charge in [-0.15, -0.1) is 5.92 Å². The Morgan fingerprint density at radius 3 is 2.11 bits per heavy atom. The number of carbonyl (C=O) groups is 5. The number of ether oxygens (including phenoxy) is 2. The number of allylic oxidation sites excluding steroid dienone is 1. The molecule has 1 rings (SSSR count). The Bertz CT molecular complexity index is 1230. The molecule has 1 aromatic carbocycles. The maximum absolute atomic E-state index is 13.4. The number of ketones is 1. The fraction of sp³-hybridized carbons (Fsp3) is 0.583. The lowest BCUT2D eigenvalue weighted by Crippen LogP contribution is -2.55. The lowest BCUT2D eigenvalue weighted by Gasteiger charge is -2.30. The summed E-state index contributed by atoms with van der Waals surface area (Å²) in [6.45, 7) is 4.03. The number of hydrogen-bond acceptors (Lipinski definition) is 8. The fourth-order valence-corrected chi connectivity index (χ4v) is 4.91. The van der Waals surface area contributed by atoms with Gasteiger partial charge in [0.15, 0.2) is 5.60 Å². The molecule has 0 saturated heterocycles. The largest absolute Gasteiger partial charge is 0.481 e. The van der Waals surface area contributed by atoms with Crippen LogP contribution in [0, 0.1) is 17.8 Å². The zero-order valence-corrected chi connectivity index (χ0v) is 27.9. The van der Waals surface area contributed by atoms with Crippen LogP contribution in [0.1, 0.15) is 103 Å². The molecule has 0 aliphatic heterocycles. The van der Waals surface area contributed by atoms with Gasteiger partial charge in [0, 0.05) is 19.3 Å². The minimum absolute atomic E-state index is 0.142. The molecule has 0 radical (unpaired) electrons. The molecule has 260 valence electrons. The number of Topliss-reactive ketones (excluding diaryl/α,β-unsaturated/α-hetero) is 1. The summed E-state index contributed by atoms with van der Waals surface area (Å²) in [5.74, 6) is -0.871. The predicted molar refractivity (Wildman–Crippen MR) is 177 cm³/mol. The first kappa shape index (κ1) is 40.9. The molecule has 0 heterocycles. The molecule has 1 amide bonds. The van der Waals surface area contributed by atoms with Crippen molar-refractivity contribution in [2.24, 2.45) is 5.92 Å². The second-order valence-electron chi connectivity index (χ2n) is 11.5. The average Bonchev–Trinajstić information content (AvgIpc) is 3.04. The van der Waals surface area contributed by atoms with Crippen molar-refractivity contribution in [3.8, 4) is 17.6 Å². The number of carbonyl (C=O) groups excluding carboxylic acids is 3. The number of aliphatic carboxylic acids is 2. The molecule has 3 atom stereocenters. The van der Waals surface area contributed by atoms with E-state index in [1.54, 1.807) is 31.2 Å². The summed E-state index contributed by atoms with van der Waals surface area (Å²) in [5, 5.41) is 33.1. The van der Waals surface area contributed by atoms with E-state index in [-0.39, 0.29) is 18.8 Å². The van der Waals surface area contributed by atoms with Gasteiger partial charge in [-0.3, -0.25) is 14.4 Å². The maximum atomic E-state index is 13.4. The Labute approximate surface area is 278 Å². The van der Waals surface area contributed by atoms with E-state index in [2.05, 4.69) is 28.8 Å². The molecule has 0 unspecified atom stereocenters. The van der Waals surface area contributed by atoms with Crippen LogP contribution in [0.15, 0.2) is 36.4 Å². The third-order valence-electron chi connectivity index (χ3n) is 7.74. The minimum atomic E-state index is -2.89. The van der Waals surface area contributed by atoms with Crippen molar-refractivity contribution in [3.05, 3.63) is 42.0 Å². The number of rotatable bonds is 25. The van der Waals surface area contributed by atoms with Crippen LogP contribution in [0.25, 0.3) is 0 Å². The van der Waals surface area contributed by atoms with Crippen LogP contribution in [0.4, 0.5) is 0 Å². The van der Waals surface area contributed by atoms with Crippen molar-refractivity contribution in [2.45, 2.75) is 115 Å². The molecule has 11 nitrogen and oxygen atoms in total. The van der Waals surface area contributed by atoms with Gasteiger partial charge in [-0.25, -0.2) is 9.59 Å². The van der Waals surface area contributed by atoms with Crippen molar-refractivity contribution in [3.63, 3.8) is 0 Å². The van der Waals surface area contributed by atoms with Crippen molar-refractivity contribution in [1.29, 1.82) is 0 Å². The Morgan fingerprint density at radius 1 is 0.936 bits per heavy atom. The number of aliphatic hydroxyl groups is 1. The Balaban J connectivity index is 2.88. The van der Waals surface area contributed by atoms with E-state index >= 15 is 0 Å². The van der Waals surface area contributed by atoms with Crippen LogP contribution >= 0.6 is 0 Å². The van der Waals surface area contributed by atoms with Gasteiger partial charge < -0.3 is 30.1 Å². The summed E-state index contributed by atoms with van der Waals surface area (Å²) in [7, 11) is 1.02. The highest BCUT2D eigenvalue weighted by Crippen LogP contribution is 2.26. The second kappa shape index (κ2) is 23.2. The highest BCUT2D eigenvalue weighted by atomic mass is 16.5.